The molecular formula is H8N4O2Os. The predicted octanol–water partition coefficient (Wildman–Crippen LogP) is -2.60. The Bertz CT molecular complexity index is 189. The summed E-state index contributed by atoms with van der Waals surface area (Å²) in [4.78, 5) is 0. The van der Waals surface area contributed by atoms with Gasteiger partial charge in [-0.3, -0.25) is 0 Å². The van der Waals surface area contributed by atoms with Gasteiger partial charge in [0.2, 0.25) is 0 Å². The molecule has 0 heterocycles. The van der Waals surface area contributed by atoms with Gasteiger partial charge >= 0.3 is 38.4 Å². The van der Waals surface area contributed by atoms with Crippen LogP contribution in [0, 0.1) is 0 Å². The summed E-state index contributed by atoms with van der Waals surface area (Å²) in [7, 11) is 0. The molecule has 0 saturated heterocycles. The van der Waals surface area contributed by atoms with Gasteiger partial charge in [0.05, 0.1) is 0 Å². The zero-order valence-electron chi connectivity index (χ0n) is 3.48. The quantitative estimate of drug-likeness (QED) is 0.385. The Morgan fingerprint density at radius 3 is 0.857 bits per heavy atom. The molecule has 0 aliphatic carbocycles. The second-order valence-electron chi connectivity index (χ2n) is 1.43. The van der Waals surface area contributed by atoms with Gasteiger partial charge < -0.3 is 0 Å². The van der Waals surface area contributed by atoms with E-state index in [9.17, 15) is 7.08 Å². The van der Waals surface area contributed by atoms with Gasteiger partial charge in [-0.25, -0.2) is 0 Å². The number of hydrogen-bond donors (Lipinski definition) is 4. The third-order valence-electron chi connectivity index (χ3n) is 0. The Balaban J connectivity index is 5.35. The van der Waals surface area contributed by atoms with Crippen LogP contribution in [0.15, 0.2) is 0 Å². The fourth-order valence-electron chi connectivity index (χ4n) is 0. The molecule has 0 aromatic heterocycles. The van der Waals surface area contributed by atoms with Crippen LogP contribution in [-0.2, 0) is 20.6 Å². The molecule has 48 valence electrons. The standard InChI is InChI=1S/4H2N.2O.Os/h4*1H2;;;/q4*-1;;;+4. The van der Waals surface area contributed by atoms with Gasteiger partial charge in [0.1, 0.15) is 0 Å². The van der Waals surface area contributed by atoms with E-state index in [1.807, 2.05) is 0 Å². The summed E-state index contributed by atoms with van der Waals surface area (Å²) in [6.07, 6.45) is 0. The topological polar surface area (TPSA) is 138 Å². The van der Waals surface area contributed by atoms with Crippen LogP contribution in [0.4, 0.5) is 0 Å². The first-order chi connectivity index (χ1) is 2.45. The van der Waals surface area contributed by atoms with Crippen molar-refractivity contribution in [1.29, 1.82) is 0 Å². The zero-order chi connectivity index (χ0) is 6.41. The van der Waals surface area contributed by atoms with Gasteiger partial charge in [-0.05, 0) is 0 Å². The summed E-state index contributed by atoms with van der Waals surface area (Å²) in [5.74, 6) is 0. The Kier molecular flexibility index (Phi) is 0.696. The second-order valence-corrected chi connectivity index (χ2v) is 11.7. The molecule has 0 unspecified atom stereocenters. The van der Waals surface area contributed by atoms with E-state index in [2.05, 4.69) is 17.8 Å². The summed E-state index contributed by atoms with van der Waals surface area (Å²) in [6, 6.07) is 0. The number of hydrogen-bond acceptors (Lipinski definition) is 2. The summed E-state index contributed by atoms with van der Waals surface area (Å²) in [5, 5.41) is 0. The third kappa shape index (κ3) is 17300. The molecule has 0 aliphatic rings. The van der Waals surface area contributed by atoms with E-state index in [4.69, 9.17) is 0 Å². The van der Waals surface area contributed by atoms with Crippen molar-refractivity contribution < 1.29 is 20.6 Å². The van der Waals surface area contributed by atoms with Crippen molar-refractivity contribution in [3.05, 3.63) is 0 Å². The van der Waals surface area contributed by atoms with Gasteiger partial charge in [0.15, 0.2) is 0 Å². The molecule has 7 heavy (non-hydrogen) atoms. The van der Waals surface area contributed by atoms with Crippen LogP contribution in [0.25, 0.3) is 0 Å². The van der Waals surface area contributed by atoms with Gasteiger partial charge in [0, 0.05) is 0 Å². The predicted molar refractivity (Wildman–Crippen MR) is 18.1 cm³/mol. The summed E-state index contributed by atoms with van der Waals surface area (Å²) in [5.41, 5.74) is 0. The SMILES string of the molecule is [NH2][Os]([NH2])([NH2])([NH2])(=[O])=[O]. The number of nitrogens with two attached hydrogens (primary N) is 4. The van der Waals surface area contributed by atoms with E-state index in [0.717, 1.165) is 0 Å². The van der Waals surface area contributed by atoms with E-state index in [1.54, 1.807) is 0 Å². The van der Waals surface area contributed by atoms with Crippen molar-refractivity contribution in [3.8, 4) is 0 Å². The molecule has 0 saturated carbocycles. The summed E-state index contributed by atoms with van der Waals surface area (Å²) in [6.45, 7) is 0. The molecular weight excluding hydrogens is 278 g/mol. The van der Waals surface area contributed by atoms with Gasteiger partial charge in [-0.15, -0.1) is 0 Å². The molecule has 0 aromatic carbocycles. The second kappa shape index (κ2) is 0.689. The monoisotopic (exact) mass is 288 g/mol. The van der Waals surface area contributed by atoms with Gasteiger partial charge in [-0.2, -0.15) is 0 Å². The van der Waals surface area contributed by atoms with Crippen molar-refractivity contribution in [3.63, 3.8) is 0 Å². The first-order valence-electron chi connectivity index (χ1n) is 1.11. The Morgan fingerprint density at radius 1 is 0.857 bits per heavy atom. The van der Waals surface area contributed by atoms with Crippen molar-refractivity contribution in [2.24, 2.45) is 17.8 Å². The maximum atomic E-state index is 10.0. The first-order valence-corrected chi connectivity index (χ1v) is 9.05. The molecule has 8 N–H and O–H groups in total. The fourth-order valence-corrected chi connectivity index (χ4v) is 0. The van der Waals surface area contributed by atoms with Crippen LogP contribution >= 0.6 is 0 Å². The average molecular weight is 286 g/mol. The van der Waals surface area contributed by atoms with E-state index in [1.165, 1.54) is 0 Å². The molecule has 0 spiro atoms. The van der Waals surface area contributed by atoms with Crippen molar-refractivity contribution in [2.75, 3.05) is 0 Å². The molecule has 0 bridgehead atoms. The Morgan fingerprint density at radius 2 is 0.857 bits per heavy atom. The van der Waals surface area contributed by atoms with Crippen LogP contribution in [0.1, 0.15) is 0 Å². The minimum absolute atomic E-state index is 4.25. The van der Waals surface area contributed by atoms with E-state index < -0.39 is 13.5 Å². The van der Waals surface area contributed by atoms with Crippen LogP contribution < -0.4 is 17.8 Å². The van der Waals surface area contributed by atoms with E-state index >= 15 is 0 Å². The molecule has 0 rings (SSSR count). The normalized spacial score (nSPS) is 22.9. The summed E-state index contributed by atoms with van der Waals surface area (Å²) >= 11 is -6.71. The van der Waals surface area contributed by atoms with Crippen molar-refractivity contribution in [2.45, 2.75) is 0 Å². The molecule has 0 aromatic rings. The molecule has 0 aliphatic heterocycles. The maximum absolute atomic E-state index is 10.0. The molecule has 0 fully saturated rings. The Hall–Kier alpha value is 0.0764. The van der Waals surface area contributed by atoms with Gasteiger partial charge in [-0.1, -0.05) is 0 Å². The summed E-state index contributed by atoms with van der Waals surface area (Å²) < 4.78 is 37.0. The first kappa shape index (κ1) is 7.08. The minimum atomic E-state index is -6.71. The molecule has 6 nitrogen and oxygen atoms in total. The van der Waals surface area contributed by atoms with Crippen molar-refractivity contribution in [1.82, 2.24) is 0 Å². The van der Waals surface area contributed by atoms with Crippen LogP contribution in [-0.4, -0.2) is 0 Å². The van der Waals surface area contributed by atoms with Gasteiger partial charge in [0.25, 0.3) is 0 Å². The van der Waals surface area contributed by atoms with E-state index in [-0.39, 0.29) is 0 Å². The fraction of sp³-hybridized carbons (Fsp3) is 0. The molecule has 0 amide bonds. The molecule has 7 heteroatoms. The average Bonchev–Trinajstić information content (AvgIpc) is 0.592. The molecule has 0 radical (unpaired) electrons. The Labute approximate surface area is 39.1 Å². The van der Waals surface area contributed by atoms with Crippen LogP contribution in [0.2, 0.25) is 0 Å². The third-order valence-corrected chi connectivity index (χ3v) is 0. The molecule has 0 atom stereocenters. The van der Waals surface area contributed by atoms with E-state index in [0.29, 0.717) is 0 Å². The van der Waals surface area contributed by atoms with Crippen LogP contribution in [0.3, 0.4) is 0 Å². The zero-order valence-corrected chi connectivity index (χ0v) is 6.02. The van der Waals surface area contributed by atoms with Crippen LogP contribution in [0.5, 0.6) is 0 Å². The van der Waals surface area contributed by atoms with Crippen molar-refractivity contribution >= 4 is 0 Å². The number of rotatable bonds is 0.